The predicted molar refractivity (Wildman–Crippen MR) is 51.1 cm³/mol. The molecule has 0 aliphatic carbocycles. The van der Waals surface area contributed by atoms with Crippen molar-refractivity contribution in [2.24, 2.45) is 0 Å². The summed E-state index contributed by atoms with van der Waals surface area (Å²) in [7, 11) is 0. The van der Waals surface area contributed by atoms with E-state index >= 15 is 0 Å². The molecule has 1 N–H and O–H groups in total. The maximum absolute atomic E-state index is 12.6. The van der Waals surface area contributed by atoms with Gasteiger partial charge in [0, 0.05) is 5.54 Å². The van der Waals surface area contributed by atoms with Crippen LogP contribution >= 0.6 is 0 Å². The van der Waals surface area contributed by atoms with Crippen LogP contribution in [0.15, 0.2) is 24.3 Å². The molecule has 1 aliphatic rings. The summed E-state index contributed by atoms with van der Waals surface area (Å²) in [6.07, 6.45) is 2.21. The third kappa shape index (κ3) is 1.89. The van der Waals surface area contributed by atoms with Gasteiger partial charge in [-0.15, -0.1) is 0 Å². The average molecular weight is 179 g/mol. The van der Waals surface area contributed by atoms with Gasteiger partial charge in [0.2, 0.25) is 0 Å². The van der Waals surface area contributed by atoms with Gasteiger partial charge >= 0.3 is 0 Å². The largest absolute Gasteiger partial charge is 0.311 e. The Kier molecular flexibility index (Phi) is 2.08. The summed E-state index contributed by atoms with van der Waals surface area (Å²) in [6.45, 7) is 3.32. The van der Waals surface area contributed by atoms with E-state index in [4.69, 9.17) is 0 Å². The topological polar surface area (TPSA) is 12.0 Å². The average Bonchev–Trinajstić information content (AvgIpc) is 2.06. The van der Waals surface area contributed by atoms with Gasteiger partial charge in [-0.2, -0.15) is 0 Å². The van der Waals surface area contributed by atoms with Crippen LogP contribution in [0.2, 0.25) is 0 Å². The summed E-state index contributed by atoms with van der Waals surface area (Å²) in [4.78, 5) is 0. The van der Waals surface area contributed by atoms with Crippen LogP contribution in [0.4, 0.5) is 4.39 Å². The second kappa shape index (κ2) is 3.11. The molecule has 2 heteroatoms. The lowest BCUT2D eigenvalue weighted by molar-refractivity contribution is 0.231. The van der Waals surface area contributed by atoms with E-state index in [9.17, 15) is 4.39 Å². The van der Waals surface area contributed by atoms with E-state index < -0.39 is 0 Å². The molecule has 0 spiro atoms. The van der Waals surface area contributed by atoms with Gasteiger partial charge in [-0.3, -0.25) is 0 Å². The number of nitrogens with one attached hydrogen (secondary N) is 1. The molecule has 1 aromatic rings. The first-order chi connectivity index (χ1) is 6.18. The Bertz CT molecular complexity index is 287. The minimum Gasteiger partial charge on any atom is -0.311 e. The number of hydrogen-bond donors (Lipinski definition) is 1. The van der Waals surface area contributed by atoms with Crippen LogP contribution in [0, 0.1) is 5.82 Å². The molecule has 0 bridgehead atoms. The van der Waals surface area contributed by atoms with Crippen LogP contribution < -0.4 is 5.32 Å². The predicted octanol–water partition coefficient (Wildman–Crippen LogP) is 2.12. The lowest BCUT2D eigenvalue weighted by atomic mass is 9.84. The van der Waals surface area contributed by atoms with Gasteiger partial charge in [0.25, 0.3) is 0 Å². The fourth-order valence-electron chi connectivity index (χ4n) is 1.76. The highest BCUT2D eigenvalue weighted by Crippen LogP contribution is 2.22. The van der Waals surface area contributed by atoms with Crippen molar-refractivity contribution in [3.8, 4) is 0 Å². The maximum Gasteiger partial charge on any atom is 0.123 e. The third-order valence-corrected chi connectivity index (χ3v) is 2.74. The Hall–Kier alpha value is -0.890. The molecular weight excluding hydrogens is 165 g/mol. The monoisotopic (exact) mass is 179 g/mol. The van der Waals surface area contributed by atoms with Gasteiger partial charge < -0.3 is 5.32 Å². The lowest BCUT2D eigenvalue weighted by Crippen LogP contribution is -2.55. The third-order valence-electron chi connectivity index (χ3n) is 2.74. The summed E-state index contributed by atoms with van der Waals surface area (Å²) in [5, 5.41) is 3.39. The van der Waals surface area contributed by atoms with E-state index in [1.54, 1.807) is 0 Å². The van der Waals surface area contributed by atoms with E-state index in [1.165, 1.54) is 24.1 Å². The molecule has 1 saturated heterocycles. The van der Waals surface area contributed by atoms with Crippen LogP contribution in [-0.4, -0.2) is 12.1 Å². The van der Waals surface area contributed by atoms with Gasteiger partial charge in [0.1, 0.15) is 5.82 Å². The zero-order valence-corrected chi connectivity index (χ0v) is 7.81. The number of hydrogen-bond acceptors (Lipinski definition) is 1. The zero-order chi connectivity index (χ0) is 9.31. The van der Waals surface area contributed by atoms with Gasteiger partial charge in [0.15, 0.2) is 0 Å². The zero-order valence-electron chi connectivity index (χ0n) is 7.81. The molecule has 1 aromatic carbocycles. The molecular formula is C11H14FN. The Morgan fingerprint density at radius 1 is 1.38 bits per heavy atom. The van der Waals surface area contributed by atoms with Crippen molar-refractivity contribution in [1.82, 2.24) is 5.32 Å². The van der Waals surface area contributed by atoms with Crippen molar-refractivity contribution < 1.29 is 4.39 Å². The smallest absolute Gasteiger partial charge is 0.123 e. The molecule has 1 nitrogen and oxygen atoms in total. The Morgan fingerprint density at radius 2 is 2.00 bits per heavy atom. The summed E-state index contributed by atoms with van der Waals surface area (Å²) in [5.74, 6) is -0.157. The SMILES string of the molecule is CC1(Cc2ccc(F)cc2)CCN1. The standard InChI is InChI=1S/C11H14FN/c1-11(6-7-13-11)8-9-2-4-10(12)5-3-9/h2-5,13H,6-8H2,1H3. The van der Waals surface area contributed by atoms with E-state index in [0.29, 0.717) is 0 Å². The Balaban J connectivity index is 2.05. The highest BCUT2D eigenvalue weighted by molar-refractivity contribution is 5.19. The minimum absolute atomic E-state index is 0.157. The highest BCUT2D eigenvalue weighted by atomic mass is 19.1. The molecule has 0 radical (unpaired) electrons. The van der Waals surface area contributed by atoms with E-state index in [1.807, 2.05) is 12.1 Å². The molecule has 1 heterocycles. The Labute approximate surface area is 78.0 Å². The van der Waals surface area contributed by atoms with E-state index in [0.717, 1.165) is 13.0 Å². The summed E-state index contributed by atoms with van der Waals surface area (Å²) < 4.78 is 12.6. The van der Waals surface area contributed by atoms with Gasteiger partial charge in [-0.1, -0.05) is 12.1 Å². The number of halogens is 1. The van der Waals surface area contributed by atoms with Crippen molar-refractivity contribution >= 4 is 0 Å². The summed E-state index contributed by atoms with van der Waals surface area (Å²) >= 11 is 0. The molecule has 13 heavy (non-hydrogen) atoms. The first-order valence-electron chi connectivity index (χ1n) is 4.67. The quantitative estimate of drug-likeness (QED) is 0.733. The van der Waals surface area contributed by atoms with Crippen LogP contribution in [0.5, 0.6) is 0 Å². The van der Waals surface area contributed by atoms with E-state index in [-0.39, 0.29) is 11.4 Å². The molecule has 2 rings (SSSR count). The summed E-state index contributed by atoms with van der Waals surface area (Å²) in [5.41, 5.74) is 1.45. The molecule has 1 unspecified atom stereocenters. The van der Waals surface area contributed by atoms with Gasteiger partial charge in [-0.25, -0.2) is 4.39 Å². The molecule has 1 atom stereocenters. The van der Waals surface area contributed by atoms with E-state index in [2.05, 4.69) is 12.2 Å². The van der Waals surface area contributed by atoms with Crippen LogP contribution in [0.3, 0.4) is 0 Å². The molecule has 0 aromatic heterocycles. The van der Waals surface area contributed by atoms with Crippen molar-refractivity contribution in [2.75, 3.05) is 6.54 Å². The fourth-order valence-corrected chi connectivity index (χ4v) is 1.76. The highest BCUT2D eigenvalue weighted by Gasteiger charge is 2.30. The fraction of sp³-hybridized carbons (Fsp3) is 0.455. The molecule has 1 aliphatic heterocycles. The normalized spacial score (nSPS) is 26.9. The van der Waals surface area contributed by atoms with Crippen LogP contribution in [0.25, 0.3) is 0 Å². The summed E-state index contributed by atoms with van der Waals surface area (Å²) in [6, 6.07) is 6.77. The Morgan fingerprint density at radius 3 is 2.46 bits per heavy atom. The molecule has 0 saturated carbocycles. The van der Waals surface area contributed by atoms with Crippen molar-refractivity contribution in [2.45, 2.75) is 25.3 Å². The van der Waals surface area contributed by atoms with Crippen LogP contribution in [0.1, 0.15) is 18.9 Å². The maximum atomic E-state index is 12.6. The minimum atomic E-state index is -0.157. The first-order valence-corrected chi connectivity index (χ1v) is 4.67. The number of rotatable bonds is 2. The van der Waals surface area contributed by atoms with Gasteiger partial charge in [0.05, 0.1) is 0 Å². The molecule has 1 fully saturated rings. The van der Waals surface area contributed by atoms with Crippen molar-refractivity contribution in [3.05, 3.63) is 35.6 Å². The second-order valence-corrected chi connectivity index (χ2v) is 4.04. The van der Waals surface area contributed by atoms with Crippen molar-refractivity contribution in [1.29, 1.82) is 0 Å². The number of benzene rings is 1. The lowest BCUT2D eigenvalue weighted by Gasteiger charge is -2.40. The first kappa shape index (κ1) is 8.70. The molecule has 0 amide bonds. The van der Waals surface area contributed by atoms with Crippen LogP contribution in [-0.2, 0) is 6.42 Å². The van der Waals surface area contributed by atoms with Crippen molar-refractivity contribution in [3.63, 3.8) is 0 Å². The van der Waals surface area contributed by atoms with Gasteiger partial charge in [-0.05, 0) is 44.0 Å². The molecule has 70 valence electrons. The second-order valence-electron chi connectivity index (χ2n) is 4.04.